The van der Waals surface area contributed by atoms with Crippen molar-refractivity contribution in [2.45, 2.75) is 0 Å². The van der Waals surface area contributed by atoms with Gasteiger partial charge in [-0.05, 0) is 41.5 Å². The first-order valence-corrected chi connectivity index (χ1v) is 16.6. The van der Waals surface area contributed by atoms with Crippen molar-refractivity contribution < 1.29 is 4.42 Å². The molecular weight excluding hydrogens is 593 g/mol. The van der Waals surface area contributed by atoms with Crippen molar-refractivity contribution in [3.63, 3.8) is 0 Å². The number of nitrogens with zero attached hydrogens (tertiary/aromatic N) is 2. The minimum Gasteiger partial charge on any atom is -0.454 e. The third kappa shape index (κ3) is 4.02. The summed E-state index contributed by atoms with van der Waals surface area (Å²) in [7, 11) is 0. The predicted molar refractivity (Wildman–Crippen MR) is 197 cm³/mol. The molecule has 0 amide bonds. The summed E-state index contributed by atoms with van der Waals surface area (Å²) in [5.41, 5.74) is 11.9. The molecule has 2 heterocycles. The minimum atomic E-state index is 0.871. The van der Waals surface area contributed by atoms with Crippen LogP contribution in [0.3, 0.4) is 0 Å². The van der Waals surface area contributed by atoms with Gasteiger partial charge in [-0.2, -0.15) is 0 Å². The van der Waals surface area contributed by atoms with Crippen LogP contribution < -0.4 is 4.90 Å². The van der Waals surface area contributed by atoms with Crippen molar-refractivity contribution >= 4 is 61.1 Å². The predicted octanol–water partition coefficient (Wildman–Crippen LogP) is 12.6. The van der Waals surface area contributed by atoms with Gasteiger partial charge in [-0.1, -0.05) is 127 Å². The Morgan fingerprint density at radius 1 is 0.511 bits per heavy atom. The monoisotopic (exact) mass is 618 g/mol. The van der Waals surface area contributed by atoms with E-state index in [1.165, 1.54) is 32.3 Å². The first-order chi connectivity index (χ1) is 23.3. The van der Waals surface area contributed by atoms with E-state index in [0.717, 1.165) is 60.8 Å². The number of rotatable bonds is 5. The molecule has 2 aromatic heterocycles. The molecule has 0 saturated carbocycles. The van der Waals surface area contributed by atoms with Crippen molar-refractivity contribution in [2.24, 2.45) is 0 Å². The van der Waals surface area contributed by atoms with Crippen LogP contribution >= 0.6 is 11.3 Å². The second kappa shape index (κ2) is 10.3. The molecule has 0 saturated heterocycles. The fourth-order valence-corrected chi connectivity index (χ4v) is 8.25. The zero-order valence-corrected chi connectivity index (χ0v) is 26.0. The summed E-state index contributed by atoms with van der Waals surface area (Å²) in [5.74, 6) is 0. The SMILES string of the molecule is c1ccc(-c2cccc(N(c3ccc4c5c(cccc35)-c3nc(-c5ccccc5)sc3-4)c3cccc4c3oc3ccccc34)c2)cc1. The first kappa shape index (κ1) is 26.3. The number of furan rings is 1. The van der Waals surface area contributed by atoms with Gasteiger partial charge in [-0.3, -0.25) is 0 Å². The summed E-state index contributed by atoms with van der Waals surface area (Å²) in [6, 6.07) is 55.8. The van der Waals surface area contributed by atoms with Gasteiger partial charge in [0.15, 0.2) is 5.58 Å². The summed E-state index contributed by atoms with van der Waals surface area (Å²) < 4.78 is 6.64. The van der Waals surface area contributed by atoms with E-state index in [0.29, 0.717) is 0 Å². The topological polar surface area (TPSA) is 29.3 Å². The molecule has 0 fully saturated rings. The molecule has 9 aromatic rings. The average Bonchev–Trinajstić information content (AvgIpc) is 3.83. The van der Waals surface area contributed by atoms with E-state index in [4.69, 9.17) is 9.40 Å². The summed E-state index contributed by atoms with van der Waals surface area (Å²) in [4.78, 5) is 8.80. The van der Waals surface area contributed by atoms with Gasteiger partial charge in [-0.25, -0.2) is 4.98 Å². The van der Waals surface area contributed by atoms with Crippen LogP contribution in [0.2, 0.25) is 0 Å². The Bertz CT molecular complexity index is 2610. The van der Waals surface area contributed by atoms with Crippen LogP contribution in [0.1, 0.15) is 0 Å². The van der Waals surface area contributed by atoms with Crippen LogP contribution in [0.4, 0.5) is 17.1 Å². The van der Waals surface area contributed by atoms with Crippen molar-refractivity contribution in [1.82, 2.24) is 4.98 Å². The van der Waals surface area contributed by atoms with Crippen LogP contribution in [0.5, 0.6) is 0 Å². The maximum absolute atomic E-state index is 6.64. The van der Waals surface area contributed by atoms with E-state index in [-0.39, 0.29) is 0 Å². The highest BCUT2D eigenvalue weighted by Crippen LogP contribution is 2.54. The Kier molecular flexibility index (Phi) is 5.74. The fraction of sp³-hybridized carbons (Fsp3) is 0. The van der Waals surface area contributed by atoms with Crippen molar-refractivity contribution in [3.05, 3.63) is 158 Å². The highest BCUT2D eigenvalue weighted by Gasteiger charge is 2.29. The summed E-state index contributed by atoms with van der Waals surface area (Å²) in [6.45, 7) is 0. The van der Waals surface area contributed by atoms with Gasteiger partial charge in [0.25, 0.3) is 0 Å². The molecule has 0 radical (unpaired) electrons. The van der Waals surface area contributed by atoms with Crippen LogP contribution in [0, 0.1) is 0 Å². The van der Waals surface area contributed by atoms with Gasteiger partial charge in [0.2, 0.25) is 0 Å². The number of aromatic nitrogens is 1. The second-order valence-electron chi connectivity index (χ2n) is 11.9. The summed E-state index contributed by atoms with van der Waals surface area (Å²) >= 11 is 1.78. The lowest BCUT2D eigenvalue weighted by Gasteiger charge is -2.27. The molecule has 1 aliphatic rings. The highest BCUT2D eigenvalue weighted by molar-refractivity contribution is 7.19. The standard InChI is InChI=1S/C43H26N2OS/c1-3-12-27(13-4-1)29-16-9-17-30(26-29)45(37-22-11-19-32-31-18-7-8-23-38(31)46-41(32)37)36-25-24-35-39-33(36)20-10-21-34(39)40-42(35)47-43(44-40)28-14-5-2-6-15-28/h1-26H. The Balaban J connectivity index is 1.22. The van der Waals surface area contributed by atoms with Gasteiger partial charge in [-0.15, -0.1) is 11.3 Å². The Morgan fingerprint density at radius 2 is 1.21 bits per heavy atom. The maximum atomic E-state index is 6.64. The molecule has 0 atom stereocenters. The molecule has 0 unspecified atom stereocenters. The smallest absolute Gasteiger partial charge is 0.159 e. The molecule has 47 heavy (non-hydrogen) atoms. The molecule has 7 aromatic carbocycles. The fourth-order valence-electron chi connectivity index (χ4n) is 7.13. The number of benzene rings is 7. The first-order valence-electron chi connectivity index (χ1n) is 15.8. The Labute approximate surface area is 275 Å². The van der Waals surface area contributed by atoms with Crippen molar-refractivity contribution in [2.75, 3.05) is 4.90 Å². The minimum absolute atomic E-state index is 0.871. The lowest BCUT2D eigenvalue weighted by atomic mass is 10.00. The van der Waals surface area contributed by atoms with Gasteiger partial charge >= 0.3 is 0 Å². The van der Waals surface area contributed by atoms with Gasteiger partial charge in [0.05, 0.1) is 21.9 Å². The van der Waals surface area contributed by atoms with E-state index in [2.05, 4.69) is 150 Å². The average molecular weight is 619 g/mol. The molecule has 0 aliphatic heterocycles. The molecule has 0 N–H and O–H groups in total. The largest absolute Gasteiger partial charge is 0.454 e. The number of fused-ring (bicyclic) bond motifs is 6. The van der Waals surface area contributed by atoms with E-state index in [1.54, 1.807) is 11.3 Å². The highest BCUT2D eigenvalue weighted by atomic mass is 32.1. The normalized spacial score (nSPS) is 11.8. The lowest BCUT2D eigenvalue weighted by molar-refractivity contribution is 0.669. The van der Waals surface area contributed by atoms with E-state index < -0.39 is 0 Å². The van der Waals surface area contributed by atoms with Crippen molar-refractivity contribution in [1.29, 1.82) is 0 Å². The van der Waals surface area contributed by atoms with Crippen molar-refractivity contribution in [3.8, 4) is 43.4 Å². The molecular formula is C43H26N2OS. The zero-order valence-electron chi connectivity index (χ0n) is 25.2. The molecule has 3 nitrogen and oxygen atoms in total. The van der Waals surface area contributed by atoms with Gasteiger partial charge < -0.3 is 9.32 Å². The lowest BCUT2D eigenvalue weighted by Crippen LogP contribution is -2.11. The van der Waals surface area contributed by atoms with E-state index in [1.807, 2.05) is 12.1 Å². The van der Waals surface area contributed by atoms with Gasteiger partial charge in [0, 0.05) is 43.9 Å². The molecule has 220 valence electrons. The molecule has 1 aliphatic carbocycles. The van der Waals surface area contributed by atoms with Gasteiger partial charge in [0.1, 0.15) is 10.6 Å². The van der Waals surface area contributed by atoms with Crippen LogP contribution in [-0.2, 0) is 0 Å². The second-order valence-corrected chi connectivity index (χ2v) is 12.9. The Morgan fingerprint density at radius 3 is 2.09 bits per heavy atom. The number of para-hydroxylation sites is 2. The number of thiazole rings is 1. The van der Waals surface area contributed by atoms with Crippen LogP contribution in [0.15, 0.2) is 162 Å². The molecule has 10 rings (SSSR count). The summed E-state index contributed by atoms with van der Waals surface area (Å²) in [5, 5.41) is 5.71. The number of anilines is 3. The maximum Gasteiger partial charge on any atom is 0.159 e. The quantitative estimate of drug-likeness (QED) is 0.192. The third-order valence-corrected chi connectivity index (χ3v) is 10.4. The summed E-state index contributed by atoms with van der Waals surface area (Å²) in [6.07, 6.45) is 0. The molecule has 4 heteroatoms. The third-order valence-electron chi connectivity index (χ3n) is 9.24. The van der Waals surface area contributed by atoms with Crippen LogP contribution in [-0.4, -0.2) is 4.98 Å². The number of hydrogen-bond donors (Lipinski definition) is 0. The Hall–Kier alpha value is -5.97. The zero-order chi connectivity index (χ0) is 30.9. The molecule has 0 spiro atoms. The van der Waals surface area contributed by atoms with E-state index in [9.17, 15) is 0 Å². The molecule has 0 bridgehead atoms. The number of hydrogen-bond acceptors (Lipinski definition) is 4. The van der Waals surface area contributed by atoms with E-state index >= 15 is 0 Å². The van der Waals surface area contributed by atoms with Crippen LogP contribution in [0.25, 0.3) is 76.1 Å².